The molecule has 1 heterocycles. The first-order chi connectivity index (χ1) is 10.1. The van der Waals surface area contributed by atoms with E-state index in [2.05, 4.69) is 24.2 Å². The third-order valence-corrected chi connectivity index (χ3v) is 5.09. The fourth-order valence-electron chi connectivity index (χ4n) is 3.65. The van der Waals surface area contributed by atoms with E-state index in [0.29, 0.717) is 25.3 Å². The van der Waals surface area contributed by atoms with Crippen LogP contribution in [-0.2, 0) is 4.74 Å². The molecule has 1 aliphatic carbocycles. The summed E-state index contributed by atoms with van der Waals surface area (Å²) in [7, 11) is 2.20. The second kappa shape index (κ2) is 9.09. The Balaban J connectivity index is 1.53. The maximum absolute atomic E-state index is 10.0. The first-order valence-corrected chi connectivity index (χ1v) is 8.85. The molecule has 0 aromatic rings. The smallest absolute Gasteiger partial charge is 0.0897 e. The number of likely N-dealkylation sites (tertiary alicyclic amines) is 1. The number of piperidine rings is 1. The summed E-state index contributed by atoms with van der Waals surface area (Å²) in [5.74, 6) is 0.779. The lowest BCUT2D eigenvalue weighted by molar-refractivity contribution is -0.0309. The van der Waals surface area contributed by atoms with E-state index in [9.17, 15) is 5.11 Å². The zero-order valence-corrected chi connectivity index (χ0v) is 13.9. The van der Waals surface area contributed by atoms with Crippen LogP contribution in [0.25, 0.3) is 0 Å². The number of nitrogens with zero attached hydrogens (tertiary/aromatic N) is 1. The molecule has 0 radical (unpaired) electrons. The van der Waals surface area contributed by atoms with Crippen LogP contribution in [-0.4, -0.2) is 61.5 Å². The van der Waals surface area contributed by atoms with Gasteiger partial charge in [0.25, 0.3) is 0 Å². The van der Waals surface area contributed by atoms with Crippen molar-refractivity contribution in [3.8, 4) is 0 Å². The highest BCUT2D eigenvalue weighted by molar-refractivity contribution is 4.77. The number of ether oxygens (including phenoxy) is 1. The lowest BCUT2D eigenvalue weighted by atomic mass is 9.89. The van der Waals surface area contributed by atoms with Gasteiger partial charge in [0.05, 0.1) is 18.8 Å². The molecule has 1 saturated heterocycles. The lowest BCUT2D eigenvalue weighted by Gasteiger charge is -2.33. The van der Waals surface area contributed by atoms with Crippen molar-refractivity contribution in [1.82, 2.24) is 10.2 Å². The largest absolute Gasteiger partial charge is 0.389 e. The molecule has 0 aromatic carbocycles. The molecule has 4 heteroatoms. The second-order valence-corrected chi connectivity index (χ2v) is 7.17. The summed E-state index contributed by atoms with van der Waals surface area (Å²) in [6.45, 7) is 5.61. The topological polar surface area (TPSA) is 44.7 Å². The lowest BCUT2D eigenvalue weighted by Crippen LogP contribution is -2.45. The summed E-state index contributed by atoms with van der Waals surface area (Å²) in [5, 5.41) is 13.5. The highest BCUT2D eigenvalue weighted by atomic mass is 16.5. The van der Waals surface area contributed by atoms with Crippen LogP contribution in [0.5, 0.6) is 0 Å². The summed E-state index contributed by atoms with van der Waals surface area (Å²) < 4.78 is 5.88. The summed E-state index contributed by atoms with van der Waals surface area (Å²) in [6.07, 6.45) is 8.85. The van der Waals surface area contributed by atoms with Crippen LogP contribution in [0.2, 0.25) is 0 Å². The number of hydrogen-bond donors (Lipinski definition) is 2. The summed E-state index contributed by atoms with van der Waals surface area (Å²) >= 11 is 0. The van der Waals surface area contributed by atoms with Crippen molar-refractivity contribution < 1.29 is 9.84 Å². The molecule has 0 aromatic heterocycles. The normalized spacial score (nSPS) is 33.0. The van der Waals surface area contributed by atoms with Gasteiger partial charge in [-0.3, -0.25) is 0 Å². The number of aliphatic hydroxyl groups is 1. The first-order valence-electron chi connectivity index (χ1n) is 8.85. The second-order valence-electron chi connectivity index (χ2n) is 7.17. The Morgan fingerprint density at radius 2 is 2.10 bits per heavy atom. The molecule has 2 aliphatic rings. The van der Waals surface area contributed by atoms with Gasteiger partial charge in [-0.05, 0) is 45.2 Å². The molecule has 0 amide bonds. The van der Waals surface area contributed by atoms with E-state index in [1.54, 1.807) is 0 Å². The van der Waals surface area contributed by atoms with Gasteiger partial charge < -0.3 is 20.1 Å². The average Bonchev–Trinajstić information content (AvgIpc) is 2.47. The van der Waals surface area contributed by atoms with Gasteiger partial charge in [0.2, 0.25) is 0 Å². The van der Waals surface area contributed by atoms with E-state index in [4.69, 9.17) is 4.74 Å². The van der Waals surface area contributed by atoms with Crippen LogP contribution < -0.4 is 5.32 Å². The monoisotopic (exact) mass is 298 g/mol. The van der Waals surface area contributed by atoms with E-state index >= 15 is 0 Å². The third kappa shape index (κ3) is 6.23. The number of hydrogen-bond acceptors (Lipinski definition) is 4. The third-order valence-electron chi connectivity index (χ3n) is 5.09. The van der Waals surface area contributed by atoms with Crippen LogP contribution in [0.1, 0.15) is 51.9 Å². The van der Waals surface area contributed by atoms with Gasteiger partial charge in [-0.25, -0.2) is 0 Å². The zero-order valence-electron chi connectivity index (χ0n) is 13.9. The van der Waals surface area contributed by atoms with E-state index in [1.165, 1.54) is 38.6 Å². The number of rotatable bonds is 7. The zero-order chi connectivity index (χ0) is 15.1. The molecular weight excluding hydrogens is 264 g/mol. The Bertz CT molecular complexity index is 288. The van der Waals surface area contributed by atoms with Crippen molar-refractivity contribution in [2.75, 3.05) is 33.3 Å². The maximum Gasteiger partial charge on any atom is 0.0897 e. The van der Waals surface area contributed by atoms with Crippen molar-refractivity contribution in [1.29, 1.82) is 0 Å². The Hall–Kier alpha value is -0.160. The Labute approximate surface area is 130 Å². The molecule has 2 fully saturated rings. The Kier molecular flexibility index (Phi) is 7.44. The Morgan fingerprint density at radius 1 is 1.24 bits per heavy atom. The van der Waals surface area contributed by atoms with Gasteiger partial charge in [0, 0.05) is 19.1 Å². The standard InChI is InChI=1S/C17H34N2O2/c1-14-6-5-8-17(10-14)21-13-16(20)12-18-11-15-7-3-4-9-19(15)2/h14-18,20H,3-13H2,1-2H3. The van der Waals surface area contributed by atoms with Gasteiger partial charge in [-0.2, -0.15) is 0 Å². The quantitative estimate of drug-likeness (QED) is 0.755. The summed E-state index contributed by atoms with van der Waals surface area (Å²) in [5.41, 5.74) is 0. The molecule has 1 aliphatic heterocycles. The van der Waals surface area contributed by atoms with Gasteiger partial charge >= 0.3 is 0 Å². The SMILES string of the molecule is CC1CCCC(OCC(O)CNCC2CCCCN2C)C1. The van der Waals surface area contributed by atoms with Gasteiger partial charge in [-0.15, -0.1) is 0 Å². The van der Waals surface area contributed by atoms with E-state index < -0.39 is 0 Å². The van der Waals surface area contributed by atoms with Crippen molar-refractivity contribution >= 4 is 0 Å². The fourth-order valence-corrected chi connectivity index (χ4v) is 3.65. The van der Waals surface area contributed by atoms with Crippen molar-refractivity contribution in [3.63, 3.8) is 0 Å². The average molecular weight is 298 g/mol. The van der Waals surface area contributed by atoms with Gasteiger partial charge in [0.1, 0.15) is 0 Å². The minimum atomic E-state index is -0.379. The maximum atomic E-state index is 10.0. The predicted octanol–water partition coefficient (Wildman–Crippen LogP) is 2.02. The van der Waals surface area contributed by atoms with Crippen LogP contribution >= 0.6 is 0 Å². The molecule has 0 spiro atoms. The number of aliphatic hydroxyl groups excluding tert-OH is 1. The van der Waals surface area contributed by atoms with E-state index in [1.807, 2.05) is 0 Å². The minimum absolute atomic E-state index is 0.368. The minimum Gasteiger partial charge on any atom is -0.389 e. The molecule has 4 atom stereocenters. The van der Waals surface area contributed by atoms with Crippen molar-refractivity contribution in [3.05, 3.63) is 0 Å². The Morgan fingerprint density at radius 3 is 2.86 bits per heavy atom. The fraction of sp³-hybridized carbons (Fsp3) is 1.00. The van der Waals surface area contributed by atoms with Crippen molar-refractivity contribution in [2.24, 2.45) is 5.92 Å². The number of nitrogens with one attached hydrogen (secondary N) is 1. The highest BCUT2D eigenvalue weighted by Crippen LogP contribution is 2.25. The van der Waals surface area contributed by atoms with Gasteiger partial charge in [0.15, 0.2) is 0 Å². The molecule has 4 unspecified atom stereocenters. The summed E-state index contributed by atoms with van der Waals surface area (Å²) in [4.78, 5) is 2.43. The predicted molar refractivity (Wildman–Crippen MR) is 86.5 cm³/mol. The van der Waals surface area contributed by atoms with Gasteiger partial charge in [-0.1, -0.05) is 26.2 Å². The molecule has 4 nitrogen and oxygen atoms in total. The highest BCUT2D eigenvalue weighted by Gasteiger charge is 2.21. The number of likely N-dealkylation sites (N-methyl/N-ethyl adjacent to an activating group) is 1. The van der Waals surface area contributed by atoms with Crippen molar-refractivity contribution in [2.45, 2.75) is 70.1 Å². The molecule has 2 N–H and O–H groups in total. The first kappa shape index (κ1) is 17.2. The molecular formula is C17H34N2O2. The van der Waals surface area contributed by atoms with E-state index in [0.717, 1.165) is 25.3 Å². The molecule has 2 rings (SSSR count). The van der Waals surface area contributed by atoms with Crippen LogP contribution in [0.3, 0.4) is 0 Å². The van der Waals surface area contributed by atoms with Crippen LogP contribution in [0.15, 0.2) is 0 Å². The molecule has 0 bridgehead atoms. The van der Waals surface area contributed by atoms with E-state index in [-0.39, 0.29) is 6.10 Å². The molecule has 1 saturated carbocycles. The molecule has 124 valence electrons. The van der Waals surface area contributed by atoms with Crippen LogP contribution in [0, 0.1) is 5.92 Å². The molecule has 21 heavy (non-hydrogen) atoms. The summed E-state index contributed by atoms with van der Waals surface area (Å²) in [6, 6.07) is 0.631. The van der Waals surface area contributed by atoms with Crippen LogP contribution in [0.4, 0.5) is 0 Å².